The van der Waals surface area contributed by atoms with Crippen LogP contribution in [-0.2, 0) is 6.18 Å². The molecule has 3 aromatic heterocycles. The SMILES string of the molecule is O=C(Nc1ccc(C(F)(F)F)nc1)c1cc(-n2ccnc2)ccn1. The third kappa shape index (κ3) is 3.40. The van der Waals surface area contributed by atoms with Crippen LogP contribution >= 0.6 is 0 Å². The maximum atomic E-state index is 12.5. The van der Waals surface area contributed by atoms with E-state index in [9.17, 15) is 18.0 Å². The topological polar surface area (TPSA) is 72.7 Å². The highest BCUT2D eigenvalue weighted by Gasteiger charge is 2.32. The number of hydrogen-bond acceptors (Lipinski definition) is 4. The molecule has 122 valence electrons. The van der Waals surface area contributed by atoms with Crippen molar-refractivity contribution in [3.05, 3.63) is 66.8 Å². The molecule has 0 spiro atoms. The fourth-order valence-electron chi connectivity index (χ4n) is 1.95. The average Bonchev–Trinajstić information content (AvgIpc) is 3.09. The van der Waals surface area contributed by atoms with Crippen LogP contribution in [0, 0.1) is 0 Å². The Balaban J connectivity index is 1.77. The van der Waals surface area contributed by atoms with Crippen LogP contribution in [0.25, 0.3) is 5.69 Å². The van der Waals surface area contributed by atoms with E-state index in [-0.39, 0.29) is 11.4 Å². The molecule has 0 aliphatic carbocycles. The van der Waals surface area contributed by atoms with E-state index < -0.39 is 17.8 Å². The van der Waals surface area contributed by atoms with Crippen molar-refractivity contribution in [3.63, 3.8) is 0 Å². The Kier molecular flexibility index (Phi) is 3.98. The standard InChI is InChI=1S/C15H10F3N5O/c16-15(17,18)13-2-1-10(8-21-13)22-14(24)12-7-11(3-4-20-12)23-6-5-19-9-23/h1-9H,(H,22,24). The summed E-state index contributed by atoms with van der Waals surface area (Å²) in [4.78, 5) is 23.3. The summed E-state index contributed by atoms with van der Waals surface area (Å²) in [5.74, 6) is -0.557. The Morgan fingerprint density at radius 1 is 1.12 bits per heavy atom. The van der Waals surface area contributed by atoms with Gasteiger partial charge < -0.3 is 9.88 Å². The molecule has 0 bridgehead atoms. The van der Waals surface area contributed by atoms with Gasteiger partial charge in [0.2, 0.25) is 0 Å². The second-order valence-electron chi connectivity index (χ2n) is 4.75. The largest absolute Gasteiger partial charge is 0.433 e. The first-order valence-electron chi connectivity index (χ1n) is 6.72. The summed E-state index contributed by atoms with van der Waals surface area (Å²) in [5.41, 5.74) is -0.0946. The molecule has 3 aromatic rings. The van der Waals surface area contributed by atoms with Crippen LogP contribution in [0.5, 0.6) is 0 Å². The van der Waals surface area contributed by atoms with E-state index in [2.05, 4.69) is 20.3 Å². The Hall–Kier alpha value is -3.23. The van der Waals surface area contributed by atoms with E-state index in [0.717, 1.165) is 18.3 Å². The lowest BCUT2D eigenvalue weighted by Gasteiger charge is -2.08. The van der Waals surface area contributed by atoms with Crippen LogP contribution in [0.3, 0.4) is 0 Å². The Morgan fingerprint density at radius 3 is 2.58 bits per heavy atom. The van der Waals surface area contributed by atoms with Crippen molar-refractivity contribution in [1.29, 1.82) is 0 Å². The highest BCUT2D eigenvalue weighted by atomic mass is 19.4. The van der Waals surface area contributed by atoms with E-state index in [1.165, 1.54) is 12.3 Å². The number of halogens is 3. The van der Waals surface area contributed by atoms with Gasteiger partial charge in [-0.05, 0) is 24.3 Å². The molecule has 0 fully saturated rings. The van der Waals surface area contributed by atoms with Gasteiger partial charge in [-0.3, -0.25) is 9.78 Å². The molecule has 3 heterocycles. The van der Waals surface area contributed by atoms with Crippen LogP contribution in [-0.4, -0.2) is 25.4 Å². The van der Waals surface area contributed by atoms with Gasteiger partial charge in [-0.1, -0.05) is 0 Å². The zero-order chi connectivity index (χ0) is 17.2. The van der Waals surface area contributed by atoms with Crippen molar-refractivity contribution in [2.24, 2.45) is 0 Å². The number of nitrogens with zero attached hydrogens (tertiary/aromatic N) is 4. The van der Waals surface area contributed by atoms with Gasteiger partial charge in [-0.25, -0.2) is 9.97 Å². The summed E-state index contributed by atoms with van der Waals surface area (Å²) >= 11 is 0. The van der Waals surface area contributed by atoms with Crippen molar-refractivity contribution in [3.8, 4) is 5.69 Å². The zero-order valence-corrected chi connectivity index (χ0v) is 12.0. The average molecular weight is 333 g/mol. The Bertz CT molecular complexity index is 844. The number of anilines is 1. The summed E-state index contributed by atoms with van der Waals surface area (Å²) < 4.78 is 39.1. The maximum Gasteiger partial charge on any atom is 0.433 e. The second-order valence-corrected chi connectivity index (χ2v) is 4.75. The number of amides is 1. The predicted octanol–water partition coefficient (Wildman–Crippen LogP) is 2.93. The van der Waals surface area contributed by atoms with Crippen LogP contribution in [0.2, 0.25) is 0 Å². The van der Waals surface area contributed by atoms with E-state index in [1.54, 1.807) is 29.4 Å². The molecule has 24 heavy (non-hydrogen) atoms. The van der Waals surface area contributed by atoms with Crippen molar-refractivity contribution >= 4 is 11.6 Å². The second kappa shape index (κ2) is 6.11. The molecule has 6 nitrogen and oxygen atoms in total. The van der Waals surface area contributed by atoms with Gasteiger partial charge in [0, 0.05) is 18.6 Å². The Labute approximate surface area is 134 Å². The Morgan fingerprint density at radius 2 is 1.96 bits per heavy atom. The lowest BCUT2D eigenvalue weighted by molar-refractivity contribution is -0.141. The molecule has 0 unspecified atom stereocenters. The number of rotatable bonds is 3. The molecule has 0 aliphatic rings. The first-order chi connectivity index (χ1) is 11.4. The number of alkyl halides is 3. The zero-order valence-electron chi connectivity index (χ0n) is 12.0. The number of pyridine rings is 2. The summed E-state index contributed by atoms with van der Waals surface area (Å²) in [6.45, 7) is 0. The van der Waals surface area contributed by atoms with Crippen molar-refractivity contribution in [2.45, 2.75) is 6.18 Å². The molecule has 3 rings (SSSR count). The third-order valence-corrected chi connectivity index (χ3v) is 3.09. The van der Waals surface area contributed by atoms with E-state index in [1.807, 2.05) is 0 Å². The van der Waals surface area contributed by atoms with Crippen LogP contribution in [0.15, 0.2) is 55.4 Å². The molecule has 1 N–H and O–H groups in total. The number of aromatic nitrogens is 4. The monoisotopic (exact) mass is 333 g/mol. The van der Waals surface area contributed by atoms with Crippen LogP contribution in [0.4, 0.5) is 18.9 Å². The number of carbonyl (C=O) groups excluding carboxylic acids is 1. The molecular formula is C15H10F3N5O. The van der Waals surface area contributed by atoms with Crippen molar-refractivity contribution in [1.82, 2.24) is 19.5 Å². The fourth-order valence-corrected chi connectivity index (χ4v) is 1.95. The minimum absolute atomic E-state index is 0.112. The molecule has 0 radical (unpaired) electrons. The van der Waals surface area contributed by atoms with Gasteiger partial charge in [0.25, 0.3) is 5.91 Å². The maximum absolute atomic E-state index is 12.5. The first-order valence-corrected chi connectivity index (χ1v) is 6.72. The van der Waals surface area contributed by atoms with Gasteiger partial charge in [-0.2, -0.15) is 13.2 Å². The number of nitrogens with one attached hydrogen (secondary N) is 1. The van der Waals surface area contributed by atoms with E-state index in [0.29, 0.717) is 5.69 Å². The quantitative estimate of drug-likeness (QED) is 0.800. The fraction of sp³-hybridized carbons (Fsp3) is 0.0667. The molecule has 0 aromatic carbocycles. The predicted molar refractivity (Wildman–Crippen MR) is 78.6 cm³/mol. The lowest BCUT2D eigenvalue weighted by atomic mass is 10.2. The highest BCUT2D eigenvalue weighted by Crippen LogP contribution is 2.27. The number of hydrogen-bond donors (Lipinski definition) is 1. The molecule has 1 amide bonds. The summed E-state index contributed by atoms with van der Waals surface area (Å²) in [6.07, 6.45) is 2.74. The molecule has 0 atom stereocenters. The number of carbonyl (C=O) groups is 1. The molecule has 0 saturated heterocycles. The van der Waals surface area contributed by atoms with Crippen LogP contribution in [0.1, 0.15) is 16.2 Å². The van der Waals surface area contributed by atoms with E-state index >= 15 is 0 Å². The smallest absolute Gasteiger partial charge is 0.319 e. The van der Waals surface area contributed by atoms with Crippen LogP contribution < -0.4 is 5.32 Å². The molecule has 0 saturated carbocycles. The van der Waals surface area contributed by atoms with Gasteiger partial charge in [0.05, 0.1) is 23.9 Å². The summed E-state index contributed by atoms with van der Waals surface area (Å²) in [5, 5.41) is 2.45. The first kappa shape index (κ1) is 15.7. The summed E-state index contributed by atoms with van der Waals surface area (Å²) in [7, 11) is 0. The highest BCUT2D eigenvalue weighted by molar-refractivity contribution is 6.03. The van der Waals surface area contributed by atoms with Gasteiger partial charge in [0.1, 0.15) is 11.4 Å². The van der Waals surface area contributed by atoms with Crippen molar-refractivity contribution in [2.75, 3.05) is 5.32 Å². The van der Waals surface area contributed by atoms with Gasteiger partial charge in [-0.15, -0.1) is 0 Å². The lowest BCUT2D eigenvalue weighted by Crippen LogP contribution is -2.15. The van der Waals surface area contributed by atoms with Gasteiger partial charge >= 0.3 is 6.18 Å². The number of imidazole rings is 1. The van der Waals surface area contributed by atoms with Gasteiger partial charge in [0.15, 0.2) is 0 Å². The molecular weight excluding hydrogens is 323 g/mol. The minimum Gasteiger partial charge on any atom is -0.319 e. The molecule has 9 heteroatoms. The third-order valence-electron chi connectivity index (χ3n) is 3.09. The van der Waals surface area contributed by atoms with Crippen molar-refractivity contribution < 1.29 is 18.0 Å². The normalized spacial score (nSPS) is 11.3. The van der Waals surface area contributed by atoms with E-state index in [4.69, 9.17) is 0 Å². The molecule has 0 aliphatic heterocycles. The minimum atomic E-state index is -4.52. The summed E-state index contributed by atoms with van der Waals surface area (Å²) in [6, 6.07) is 5.16.